The van der Waals surface area contributed by atoms with E-state index in [-0.39, 0.29) is 11.5 Å². The number of carbonyl (C=O) groups is 1. The highest BCUT2D eigenvalue weighted by molar-refractivity contribution is 6.17. The van der Waals surface area contributed by atoms with E-state index in [1.807, 2.05) is 0 Å². The molecule has 0 aliphatic heterocycles. The smallest absolute Gasteiger partial charge is 0.163 e. The lowest BCUT2D eigenvalue weighted by Gasteiger charge is -2.05. The lowest BCUT2D eigenvalue weighted by Crippen LogP contribution is -1.99. The molecule has 16 heavy (non-hydrogen) atoms. The third kappa shape index (κ3) is 3.42. The van der Waals surface area contributed by atoms with Gasteiger partial charge in [0, 0.05) is 17.9 Å². The molecule has 1 rings (SSSR count). The van der Waals surface area contributed by atoms with Gasteiger partial charge in [0.1, 0.15) is 0 Å². The second-order valence-electron chi connectivity index (χ2n) is 3.46. The van der Waals surface area contributed by atoms with Gasteiger partial charge in [-0.1, -0.05) is 0 Å². The van der Waals surface area contributed by atoms with Crippen molar-refractivity contribution in [1.82, 2.24) is 0 Å². The van der Waals surface area contributed by atoms with Crippen LogP contribution in [-0.2, 0) is 0 Å². The number of Topliss-reactive ketones (excluding diaryl/α,β-unsaturated/α-hetero) is 1. The third-order valence-corrected chi connectivity index (χ3v) is 2.56. The minimum Gasteiger partial charge on any atom is -0.504 e. The summed E-state index contributed by atoms with van der Waals surface area (Å²) in [5.74, 6) is 0.984. The molecule has 0 aliphatic carbocycles. The number of hydrogen-bond donors (Lipinski definition) is 1. The Morgan fingerprint density at radius 3 is 2.81 bits per heavy atom. The van der Waals surface area contributed by atoms with Crippen molar-refractivity contribution in [3.63, 3.8) is 0 Å². The van der Waals surface area contributed by atoms with Crippen LogP contribution in [0, 0.1) is 0 Å². The summed E-state index contributed by atoms with van der Waals surface area (Å²) in [5.41, 5.74) is 0.559. The largest absolute Gasteiger partial charge is 0.504 e. The number of rotatable bonds is 6. The lowest BCUT2D eigenvalue weighted by molar-refractivity contribution is 0.0979. The van der Waals surface area contributed by atoms with E-state index in [1.54, 1.807) is 12.1 Å². The molecule has 0 aliphatic rings. The van der Waals surface area contributed by atoms with Crippen molar-refractivity contribution in [1.29, 1.82) is 0 Å². The van der Waals surface area contributed by atoms with Crippen molar-refractivity contribution in [3.8, 4) is 11.5 Å². The molecule has 0 saturated heterocycles. The first kappa shape index (κ1) is 12.8. The summed E-state index contributed by atoms with van der Waals surface area (Å²) in [6.45, 7) is 0. The highest BCUT2D eigenvalue weighted by Crippen LogP contribution is 2.26. The number of carbonyl (C=O) groups excluding carboxylic acids is 1. The fraction of sp³-hybridized carbons (Fsp3) is 0.417. The van der Waals surface area contributed by atoms with Crippen LogP contribution in [0.15, 0.2) is 18.2 Å². The zero-order valence-corrected chi connectivity index (χ0v) is 9.96. The van der Waals surface area contributed by atoms with Gasteiger partial charge in [-0.15, -0.1) is 11.6 Å². The first-order chi connectivity index (χ1) is 7.69. The Balaban J connectivity index is 2.68. The summed E-state index contributed by atoms with van der Waals surface area (Å²) in [6.07, 6.45) is 2.09. The number of alkyl halides is 1. The summed E-state index contributed by atoms with van der Waals surface area (Å²) in [4.78, 5) is 11.7. The van der Waals surface area contributed by atoms with Gasteiger partial charge in [-0.25, -0.2) is 0 Å². The van der Waals surface area contributed by atoms with Crippen LogP contribution in [0.2, 0.25) is 0 Å². The van der Waals surface area contributed by atoms with Gasteiger partial charge in [-0.2, -0.15) is 0 Å². The highest BCUT2D eigenvalue weighted by atomic mass is 35.5. The standard InChI is InChI=1S/C12H15ClO3/c1-16-12-8-9(5-6-11(12)15)10(14)4-2-3-7-13/h5-6,8,15H,2-4,7H2,1H3. The average Bonchev–Trinajstić information content (AvgIpc) is 2.30. The van der Waals surface area contributed by atoms with Crippen LogP contribution in [0.1, 0.15) is 29.6 Å². The lowest BCUT2D eigenvalue weighted by atomic mass is 10.1. The van der Waals surface area contributed by atoms with Crippen molar-refractivity contribution in [2.24, 2.45) is 0 Å². The number of halogens is 1. The van der Waals surface area contributed by atoms with Gasteiger partial charge < -0.3 is 9.84 Å². The monoisotopic (exact) mass is 242 g/mol. The number of aromatic hydroxyl groups is 1. The van der Waals surface area contributed by atoms with Gasteiger partial charge in [0.05, 0.1) is 7.11 Å². The van der Waals surface area contributed by atoms with Gasteiger partial charge in [-0.05, 0) is 31.0 Å². The molecular formula is C12H15ClO3. The number of ketones is 1. The number of methoxy groups -OCH3 is 1. The van der Waals surface area contributed by atoms with Crippen molar-refractivity contribution in [2.45, 2.75) is 19.3 Å². The van der Waals surface area contributed by atoms with E-state index in [0.717, 1.165) is 12.8 Å². The molecule has 0 radical (unpaired) electrons. The molecule has 3 nitrogen and oxygen atoms in total. The molecular weight excluding hydrogens is 228 g/mol. The minimum absolute atomic E-state index is 0.0415. The fourth-order valence-corrected chi connectivity index (χ4v) is 1.56. The zero-order chi connectivity index (χ0) is 12.0. The molecule has 0 unspecified atom stereocenters. The molecule has 4 heteroatoms. The molecule has 0 heterocycles. The Kier molecular flexibility index (Phi) is 5.12. The van der Waals surface area contributed by atoms with Gasteiger partial charge in [0.15, 0.2) is 17.3 Å². The summed E-state index contributed by atoms with van der Waals surface area (Å²) < 4.78 is 4.94. The van der Waals surface area contributed by atoms with Crippen LogP contribution in [0.3, 0.4) is 0 Å². The molecule has 1 aromatic carbocycles. The number of phenolic OH excluding ortho intramolecular Hbond substituents is 1. The molecule has 0 amide bonds. The summed E-state index contributed by atoms with van der Waals surface area (Å²) >= 11 is 5.54. The predicted octanol–water partition coefficient (Wildman–Crippen LogP) is 2.99. The maximum Gasteiger partial charge on any atom is 0.163 e. The number of benzene rings is 1. The Morgan fingerprint density at radius 1 is 1.44 bits per heavy atom. The number of ether oxygens (including phenoxy) is 1. The SMILES string of the molecule is COc1cc(C(=O)CCCCCl)ccc1O. The minimum atomic E-state index is 0.0415. The number of unbranched alkanes of at least 4 members (excludes halogenated alkanes) is 1. The van der Waals surface area contributed by atoms with E-state index in [0.29, 0.717) is 23.6 Å². The van der Waals surface area contributed by atoms with Crippen molar-refractivity contribution in [2.75, 3.05) is 13.0 Å². The Bertz CT molecular complexity index is 363. The van der Waals surface area contributed by atoms with Gasteiger partial charge in [-0.3, -0.25) is 4.79 Å². The summed E-state index contributed by atoms with van der Waals surface area (Å²) in [5, 5.41) is 9.38. The maximum absolute atomic E-state index is 11.7. The average molecular weight is 243 g/mol. The van der Waals surface area contributed by atoms with Crippen LogP contribution in [0.4, 0.5) is 0 Å². The number of phenols is 1. The molecule has 0 saturated carbocycles. The first-order valence-corrected chi connectivity index (χ1v) is 5.68. The molecule has 88 valence electrons. The molecule has 0 fully saturated rings. The quantitative estimate of drug-likeness (QED) is 0.474. The summed E-state index contributed by atoms with van der Waals surface area (Å²) in [7, 11) is 1.46. The molecule has 0 bridgehead atoms. The maximum atomic E-state index is 11.7. The second kappa shape index (κ2) is 6.38. The fourth-order valence-electron chi connectivity index (χ4n) is 1.38. The Hall–Kier alpha value is -1.22. The van der Waals surface area contributed by atoms with E-state index < -0.39 is 0 Å². The normalized spacial score (nSPS) is 10.1. The molecule has 1 aromatic rings. The molecule has 0 atom stereocenters. The summed E-state index contributed by atoms with van der Waals surface area (Å²) in [6, 6.07) is 4.62. The van der Waals surface area contributed by atoms with Gasteiger partial charge in [0.25, 0.3) is 0 Å². The molecule has 0 spiro atoms. The van der Waals surface area contributed by atoms with E-state index >= 15 is 0 Å². The van der Waals surface area contributed by atoms with E-state index in [2.05, 4.69) is 0 Å². The van der Waals surface area contributed by atoms with Crippen molar-refractivity contribution in [3.05, 3.63) is 23.8 Å². The zero-order valence-electron chi connectivity index (χ0n) is 9.20. The van der Waals surface area contributed by atoms with Crippen LogP contribution in [0.25, 0.3) is 0 Å². The van der Waals surface area contributed by atoms with Crippen LogP contribution < -0.4 is 4.74 Å². The van der Waals surface area contributed by atoms with E-state index in [9.17, 15) is 9.90 Å². The van der Waals surface area contributed by atoms with E-state index in [1.165, 1.54) is 13.2 Å². The van der Waals surface area contributed by atoms with Gasteiger partial charge in [0.2, 0.25) is 0 Å². The third-order valence-electron chi connectivity index (χ3n) is 2.29. The molecule has 0 aromatic heterocycles. The van der Waals surface area contributed by atoms with Gasteiger partial charge >= 0.3 is 0 Å². The first-order valence-electron chi connectivity index (χ1n) is 5.15. The molecule has 1 N–H and O–H groups in total. The van der Waals surface area contributed by atoms with Crippen LogP contribution >= 0.6 is 11.6 Å². The topological polar surface area (TPSA) is 46.5 Å². The van der Waals surface area contributed by atoms with Crippen LogP contribution in [-0.4, -0.2) is 23.9 Å². The second-order valence-corrected chi connectivity index (χ2v) is 3.83. The number of hydrogen-bond acceptors (Lipinski definition) is 3. The van der Waals surface area contributed by atoms with Crippen molar-refractivity contribution >= 4 is 17.4 Å². The predicted molar refractivity (Wildman–Crippen MR) is 63.6 cm³/mol. The Labute approximate surface area is 100.0 Å². The van der Waals surface area contributed by atoms with Crippen LogP contribution in [0.5, 0.6) is 11.5 Å². The highest BCUT2D eigenvalue weighted by Gasteiger charge is 2.09. The van der Waals surface area contributed by atoms with Crippen molar-refractivity contribution < 1.29 is 14.6 Å². The Morgan fingerprint density at radius 2 is 2.19 bits per heavy atom. The van der Waals surface area contributed by atoms with E-state index in [4.69, 9.17) is 16.3 Å².